The maximum atomic E-state index is 13.1. The van der Waals surface area contributed by atoms with E-state index in [-0.39, 0.29) is 33.5 Å². The number of nitrogens with one attached hydrogen (secondary N) is 2. The summed E-state index contributed by atoms with van der Waals surface area (Å²) in [4.78, 5) is 0.185. The summed E-state index contributed by atoms with van der Waals surface area (Å²) in [7, 11) is -3.83. The second-order valence-corrected chi connectivity index (χ2v) is 11.0. The number of hydrogen-bond donors (Lipinski definition) is 2. The number of hydrogen-bond acceptors (Lipinski definition) is 3. The summed E-state index contributed by atoms with van der Waals surface area (Å²) in [6.07, 6.45) is 5.24. The molecule has 1 aliphatic carbocycles. The van der Waals surface area contributed by atoms with Gasteiger partial charge in [0, 0.05) is 21.7 Å². The van der Waals surface area contributed by atoms with Gasteiger partial charge in [0.15, 0.2) is 0 Å². The average molecular weight is 506 g/mol. The first-order chi connectivity index (χ1) is 15.3. The maximum absolute atomic E-state index is 13.1. The fourth-order valence-electron chi connectivity index (χ4n) is 4.55. The molecule has 0 amide bonds. The molecule has 0 aromatic heterocycles. The third-order valence-electron chi connectivity index (χ3n) is 6.03. The summed E-state index contributed by atoms with van der Waals surface area (Å²) in [5.74, 6) is 0.391. The van der Waals surface area contributed by atoms with Crippen LogP contribution in [0.3, 0.4) is 0 Å². The normalized spacial score (nSPS) is 21.5. The monoisotopic (exact) mass is 504 g/mol. The van der Waals surface area contributed by atoms with Crippen molar-refractivity contribution in [1.82, 2.24) is 0 Å². The molecule has 0 bridgehead atoms. The van der Waals surface area contributed by atoms with E-state index in [1.54, 1.807) is 24.3 Å². The predicted octanol–water partition coefficient (Wildman–Crippen LogP) is 7.27. The Bertz CT molecular complexity index is 1340. The number of rotatable bonds is 4. The molecule has 0 unspecified atom stereocenters. The summed E-state index contributed by atoms with van der Waals surface area (Å²) in [6.45, 7) is 0. The van der Waals surface area contributed by atoms with E-state index in [0.717, 1.165) is 23.2 Å². The van der Waals surface area contributed by atoms with Crippen LogP contribution in [0, 0.1) is 5.92 Å². The quantitative estimate of drug-likeness (QED) is 0.366. The van der Waals surface area contributed by atoms with Gasteiger partial charge in [0.2, 0.25) is 0 Å². The van der Waals surface area contributed by atoms with E-state index in [9.17, 15) is 8.42 Å². The van der Waals surface area contributed by atoms with Crippen molar-refractivity contribution in [3.8, 4) is 0 Å². The van der Waals surface area contributed by atoms with Crippen LogP contribution in [-0.4, -0.2) is 8.42 Å². The molecule has 5 rings (SSSR count). The topological polar surface area (TPSA) is 58.2 Å². The van der Waals surface area contributed by atoms with Crippen LogP contribution < -0.4 is 10.0 Å². The molecular weight excluding hydrogens is 487 g/mol. The number of allylic oxidation sites excluding steroid dienone is 2. The first-order valence-electron chi connectivity index (χ1n) is 10.1. The Morgan fingerprint density at radius 1 is 0.938 bits per heavy atom. The van der Waals surface area contributed by atoms with Crippen molar-refractivity contribution in [3.05, 3.63) is 99.0 Å². The van der Waals surface area contributed by atoms with E-state index in [0.29, 0.717) is 10.0 Å². The highest BCUT2D eigenvalue weighted by Crippen LogP contribution is 2.50. The van der Waals surface area contributed by atoms with E-state index in [4.69, 9.17) is 34.8 Å². The molecule has 0 fully saturated rings. The van der Waals surface area contributed by atoms with Gasteiger partial charge in [-0.3, -0.25) is 4.72 Å². The minimum atomic E-state index is -3.83. The van der Waals surface area contributed by atoms with Crippen molar-refractivity contribution in [1.29, 1.82) is 0 Å². The lowest BCUT2D eigenvalue weighted by molar-refractivity contribution is 0.425. The zero-order chi connectivity index (χ0) is 22.5. The number of sulfonamides is 1. The van der Waals surface area contributed by atoms with E-state index in [2.05, 4.69) is 28.3 Å². The molecule has 0 saturated carbocycles. The highest BCUT2D eigenvalue weighted by Gasteiger charge is 2.38. The van der Waals surface area contributed by atoms with Crippen molar-refractivity contribution >= 4 is 56.2 Å². The molecule has 0 spiro atoms. The van der Waals surface area contributed by atoms with E-state index < -0.39 is 10.0 Å². The lowest BCUT2D eigenvalue weighted by Gasteiger charge is -2.37. The summed E-state index contributed by atoms with van der Waals surface area (Å²) >= 11 is 18.3. The molecule has 0 radical (unpaired) electrons. The molecule has 1 aliphatic heterocycles. The third kappa shape index (κ3) is 3.99. The van der Waals surface area contributed by atoms with Crippen LogP contribution in [0.15, 0.2) is 77.7 Å². The minimum absolute atomic E-state index is 0.0923. The largest absolute Gasteiger partial charge is 0.378 e. The van der Waals surface area contributed by atoms with Crippen LogP contribution in [0.2, 0.25) is 15.1 Å². The second-order valence-electron chi connectivity index (χ2n) is 8.01. The van der Waals surface area contributed by atoms with Crippen LogP contribution in [-0.2, 0) is 10.0 Å². The van der Waals surface area contributed by atoms with Gasteiger partial charge in [-0.05, 0) is 72.0 Å². The fourth-order valence-corrected chi connectivity index (χ4v) is 6.37. The lowest BCUT2D eigenvalue weighted by Crippen LogP contribution is -2.29. The van der Waals surface area contributed by atoms with Crippen molar-refractivity contribution in [2.75, 3.05) is 10.0 Å². The zero-order valence-corrected chi connectivity index (χ0v) is 19.8. The SMILES string of the molecule is O=S(=O)(Nc1ccc(Cl)cc1Cl)c1ccc2c(c1)[C@H]1C=CC[C@H]1[C@@H](c1cccc(Cl)c1)N2. The van der Waals surface area contributed by atoms with Crippen LogP contribution in [0.25, 0.3) is 0 Å². The first-order valence-corrected chi connectivity index (χ1v) is 12.7. The molecule has 8 heteroatoms. The molecule has 164 valence electrons. The molecule has 32 heavy (non-hydrogen) atoms. The van der Waals surface area contributed by atoms with Gasteiger partial charge < -0.3 is 5.32 Å². The fraction of sp³-hybridized carbons (Fsp3) is 0.167. The Balaban J connectivity index is 1.49. The van der Waals surface area contributed by atoms with Crippen LogP contribution >= 0.6 is 34.8 Å². The van der Waals surface area contributed by atoms with Gasteiger partial charge in [0.05, 0.1) is 21.6 Å². The van der Waals surface area contributed by atoms with Crippen LogP contribution in [0.5, 0.6) is 0 Å². The molecular formula is C24H19Cl3N2O2S. The van der Waals surface area contributed by atoms with E-state index >= 15 is 0 Å². The van der Waals surface area contributed by atoms with Crippen molar-refractivity contribution in [3.63, 3.8) is 0 Å². The second kappa shape index (κ2) is 8.31. The van der Waals surface area contributed by atoms with Crippen LogP contribution in [0.4, 0.5) is 11.4 Å². The van der Waals surface area contributed by atoms with Crippen LogP contribution in [0.1, 0.15) is 29.5 Å². The highest BCUT2D eigenvalue weighted by molar-refractivity contribution is 7.92. The van der Waals surface area contributed by atoms with E-state index in [1.807, 2.05) is 24.3 Å². The number of halogens is 3. The number of fused-ring (bicyclic) bond motifs is 3. The predicted molar refractivity (Wildman–Crippen MR) is 132 cm³/mol. The number of anilines is 2. The smallest absolute Gasteiger partial charge is 0.261 e. The zero-order valence-electron chi connectivity index (χ0n) is 16.7. The molecule has 2 N–H and O–H groups in total. The molecule has 3 aromatic carbocycles. The Morgan fingerprint density at radius 3 is 2.53 bits per heavy atom. The van der Waals surface area contributed by atoms with Gasteiger partial charge in [-0.15, -0.1) is 0 Å². The summed E-state index contributed by atoms with van der Waals surface area (Å²) in [5.41, 5.74) is 3.29. The van der Waals surface area contributed by atoms with E-state index in [1.165, 1.54) is 6.07 Å². The summed E-state index contributed by atoms with van der Waals surface area (Å²) < 4.78 is 28.7. The molecule has 2 aliphatic rings. The Labute approximate surface area is 202 Å². The molecule has 3 atom stereocenters. The third-order valence-corrected chi connectivity index (χ3v) is 8.17. The van der Waals surface area contributed by atoms with Gasteiger partial charge in [0.1, 0.15) is 0 Å². The minimum Gasteiger partial charge on any atom is -0.378 e. The Morgan fingerprint density at radius 2 is 1.75 bits per heavy atom. The first kappa shape index (κ1) is 21.7. The van der Waals surface area contributed by atoms with Crippen molar-refractivity contribution in [2.24, 2.45) is 5.92 Å². The van der Waals surface area contributed by atoms with Gasteiger partial charge in [-0.25, -0.2) is 8.42 Å². The van der Waals surface area contributed by atoms with Gasteiger partial charge >= 0.3 is 0 Å². The van der Waals surface area contributed by atoms with Crippen molar-refractivity contribution < 1.29 is 8.42 Å². The standard InChI is InChI=1S/C24H19Cl3N2O2S/c25-15-4-1-3-14(11-15)24-19-6-2-5-18(19)20-13-17(8-10-22(20)28-24)32(30,31)29-23-9-7-16(26)12-21(23)27/h1-5,7-13,18-19,24,28-29H,6H2/t18-,19+,24+/m0/s1. The highest BCUT2D eigenvalue weighted by atomic mass is 35.5. The average Bonchev–Trinajstić information content (AvgIpc) is 3.25. The lowest BCUT2D eigenvalue weighted by atomic mass is 9.77. The van der Waals surface area contributed by atoms with Gasteiger partial charge in [-0.1, -0.05) is 59.1 Å². The Kier molecular flexibility index (Phi) is 5.62. The molecule has 4 nitrogen and oxygen atoms in total. The summed E-state index contributed by atoms with van der Waals surface area (Å²) in [5, 5.41) is 4.98. The maximum Gasteiger partial charge on any atom is 0.261 e. The number of benzene rings is 3. The summed E-state index contributed by atoms with van der Waals surface area (Å²) in [6, 6.07) is 17.8. The van der Waals surface area contributed by atoms with Gasteiger partial charge in [-0.2, -0.15) is 0 Å². The molecule has 3 aromatic rings. The van der Waals surface area contributed by atoms with Crippen molar-refractivity contribution in [2.45, 2.75) is 23.3 Å². The molecule has 0 saturated heterocycles. The van der Waals surface area contributed by atoms with Gasteiger partial charge in [0.25, 0.3) is 10.0 Å². The Hall–Kier alpha value is -2.18. The molecule has 1 heterocycles.